The van der Waals surface area contributed by atoms with E-state index in [0.29, 0.717) is 17.2 Å². The number of rotatable bonds is 8. The first-order valence-electron chi connectivity index (χ1n) is 9.74. The van der Waals surface area contributed by atoms with Gasteiger partial charge in [-0.3, -0.25) is 14.8 Å². The monoisotopic (exact) mass is 552 g/mol. The van der Waals surface area contributed by atoms with Gasteiger partial charge in [0.25, 0.3) is 15.9 Å². The molecular weight excluding hydrogens is 532 g/mol. The van der Waals surface area contributed by atoms with Crippen LogP contribution in [0.5, 0.6) is 5.75 Å². The lowest BCUT2D eigenvalue weighted by atomic mass is 10.2. The average molecular weight is 553 g/mol. The molecule has 9 nitrogen and oxygen atoms in total. The van der Waals surface area contributed by atoms with E-state index in [2.05, 4.69) is 36.4 Å². The summed E-state index contributed by atoms with van der Waals surface area (Å²) in [6, 6.07) is 12.9. The van der Waals surface area contributed by atoms with Gasteiger partial charge in [-0.25, -0.2) is 8.42 Å². The largest absolute Gasteiger partial charge is 0.483 e. The molecule has 0 aliphatic carbocycles. The van der Waals surface area contributed by atoms with Gasteiger partial charge in [0.1, 0.15) is 11.5 Å². The highest BCUT2D eigenvalue weighted by Crippen LogP contribution is 2.26. The predicted molar refractivity (Wildman–Crippen MR) is 132 cm³/mol. The van der Waals surface area contributed by atoms with Crippen LogP contribution in [0.2, 0.25) is 0 Å². The summed E-state index contributed by atoms with van der Waals surface area (Å²) in [5.74, 6) is 0.682. The quantitative estimate of drug-likeness (QED) is 0.358. The lowest BCUT2D eigenvalue weighted by Crippen LogP contribution is -2.37. The fourth-order valence-electron chi connectivity index (χ4n) is 2.68. The van der Waals surface area contributed by atoms with E-state index in [1.54, 1.807) is 13.0 Å². The molecule has 0 aliphatic heterocycles. The van der Waals surface area contributed by atoms with Crippen molar-refractivity contribution in [2.75, 3.05) is 16.6 Å². The van der Waals surface area contributed by atoms with Crippen LogP contribution in [0.25, 0.3) is 0 Å². The molecule has 0 bridgehead atoms. The second-order valence-electron chi connectivity index (χ2n) is 6.86. The Morgan fingerprint density at radius 3 is 2.52 bits per heavy atom. The van der Waals surface area contributed by atoms with Crippen LogP contribution in [-0.4, -0.2) is 31.2 Å². The van der Waals surface area contributed by atoms with Gasteiger partial charge in [-0.1, -0.05) is 18.1 Å². The van der Waals surface area contributed by atoms with Crippen LogP contribution >= 0.6 is 28.1 Å². The SMILES string of the molecule is CCc1ccc(OCC(=O)NC(=S)Nc2ccc(S(=O)(=O)Nc3cc(C)on3)cc2)c(Br)c1. The maximum atomic E-state index is 12.4. The topological polar surface area (TPSA) is 123 Å². The van der Waals surface area contributed by atoms with Crippen molar-refractivity contribution < 1.29 is 22.5 Å². The molecular formula is C21H21BrN4O5S2. The zero-order chi connectivity index (χ0) is 24.0. The first-order valence-corrected chi connectivity index (χ1v) is 12.4. The van der Waals surface area contributed by atoms with E-state index in [0.717, 1.165) is 16.5 Å². The van der Waals surface area contributed by atoms with Crippen molar-refractivity contribution in [1.82, 2.24) is 10.5 Å². The van der Waals surface area contributed by atoms with Crippen molar-refractivity contribution in [3.05, 3.63) is 64.3 Å². The number of hydrogen-bond acceptors (Lipinski definition) is 7. The number of aromatic nitrogens is 1. The van der Waals surface area contributed by atoms with Gasteiger partial charge in [0, 0.05) is 11.8 Å². The minimum Gasteiger partial charge on any atom is -0.483 e. The maximum Gasteiger partial charge on any atom is 0.264 e. The molecule has 0 saturated carbocycles. The number of carbonyl (C=O) groups excluding carboxylic acids is 1. The first kappa shape index (κ1) is 24.7. The smallest absolute Gasteiger partial charge is 0.264 e. The molecule has 3 N–H and O–H groups in total. The van der Waals surface area contributed by atoms with Crippen molar-refractivity contribution >= 4 is 60.7 Å². The number of sulfonamides is 1. The van der Waals surface area contributed by atoms with Gasteiger partial charge in [0.2, 0.25) is 0 Å². The van der Waals surface area contributed by atoms with Crippen molar-refractivity contribution in [3.63, 3.8) is 0 Å². The van der Waals surface area contributed by atoms with Crippen molar-refractivity contribution in [1.29, 1.82) is 0 Å². The summed E-state index contributed by atoms with van der Waals surface area (Å²) in [4.78, 5) is 12.2. The number of ether oxygens (including phenoxy) is 1. The Bertz CT molecular complexity index is 1260. The van der Waals surface area contributed by atoms with Crippen molar-refractivity contribution in [3.8, 4) is 5.75 Å². The number of hydrogen-bond donors (Lipinski definition) is 3. The Balaban J connectivity index is 1.51. The van der Waals surface area contributed by atoms with E-state index in [9.17, 15) is 13.2 Å². The first-order chi connectivity index (χ1) is 15.7. The summed E-state index contributed by atoms with van der Waals surface area (Å²) >= 11 is 8.56. The molecule has 0 atom stereocenters. The summed E-state index contributed by atoms with van der Waals surface area (Å²) in [5, 5.41) is 9.00. The Hall–Kier alpha value is -2.96. The second kappa shape index (κ2) is 10.8. The Morgan fingerprint density at radius 1 is 1.18 bits per heavy atom. The van der Waals surface area contributed by atoms with Gasteiger partial charge in [0.15, 0.2) is 17.5 Å². The summed E-state index contributed by atoms with van der Waals surface area (Å²) in [6.45, 7) is 3.48. The Kier molecular flexibility index (Phi) is 8.06. The van der Waals surface area contributed by atoms with Gasteiger partial charge < -0.3 is 14.6 Å². The van der Waals surface area contributed by atoms with Crippen LogP contribution in [-0.2, 0) is 21.2 Å². The second-order valence-corrected chi connectivity index (χ2v) is 9.81. The van der Waals surface area contributed by atoms with E-state index in [4.69, 9.17) is 21.5 Å². The number of thiocarbonyl (C=S) groups is 1. The van der Waals surface area contributed by atoms with Crippen molar-refractivity contribution in [2.24, 2.45) is 0 Å². The predicted octanol–water partition coefficient (Wildman–Crippen LogP) is 4.00. The number of carbonyl (C=O) groups is 1. The molecule has 0 aliphatic rings. The van der Waals surface area contributed by atoms with Crippen LogP contribution in [0.1, 0.15) is 18.2 Å². The van der Waals surface area contributed by atoms with Gasteiger partial charge in [-0.15, -0.1) is 0 Å². The molecule has 174 valence electrons. The summed E-state index contributed by atoms with van der Waals surface area (Å²) in [5.41, 5.74) is 1.64. The minimum absolute atomic E-state index is 0.0247. The summed E-state index contributed by atoms with van der Waals surface area (Å²) < 4.78 is 38.3. The number of anilines is 2. The number of aryl methyl sites for hydroxylation is 2. The highest BCUT2D eigenvalue weighted by atomic mass is 79.9. The number of nitrogens with one attached hydrogen (secondary N) is 3. The van der Waals surface area contributed by atoms with E-state index >= 15 is 0 Å². The third-order valence-corrected chi connectivity index (χ3v) is 6.50. The fraction of sp³-hybridized carbons (Fsp3) is 0.190. The van der Waals surface area contributed by atoms with Gasteiger partial charge in [-0.05, 0) is 83.5 Å². The molecule has 0 saturated heterocycles. The Labute approximate surface area is 205 Å². The van der Waals surface area contributed by atoms with E-state index in [-0.39, 0.29) is 22.4 Å². The zero-order valence-corrected chi connectivity index (χ0v) is 20.9. The summed E-state index contributed by atoms with van der Waals surface area (Å²) in [7, 11) is -3.83. The molecule has 33 heavy (non-hydrogen) atoms. The summed E-state index contributed by atoms with van der Waals surface area (Å²) in [6.07, 6.45) is 0.893. The third-order valence-electron chi connectivity index (χ3n) is 4.31. The molecule has 3 aromatic rings. The highest BCUT2D eigenvalue weighted by molar-refractivity contribution is 9.10. The molecule has 0 spiro atoms. The van der Waals surface area contributed by atoms with Crippen LogP contribution < -0.4 is 20.1 Å². The van der Waals surface area contributed by atoms with E-state index in [1.165, 1.54) is 30.3 Å². The molecule has 12 heteroatoms. The standard InChI is InChI=1S/C21H21BrN4O5S2/c1-3-14-4-9-18(17(22)11-14)30-12-20(27)24-21(32)23-15-5-7-16(8-6-15)33(28,29)26-19-10-13(2)31-25-19/h4-11H,3,12H2,1-2H3,(H,25,26)(H2,23,24,27,32). The van der Waals surface area contributed by atoms with Gasteiger partial charge in [0.05, 0.1) is 9.37 Å². The number of benzene rings is 2. The van der Waals surface area contributed by atoms with E-state index < -0.39 is 15.9 Å². The molecule has 2 aromatic carbocycles. The van der Waals surface area contributed by atoms with E-state index in [1.807, 2.05) is 19.1 Å². The average Bonchev–Trinajstić information content (AvgIpc) is 3.16. The molecule has 0 radical (unpaired) electrons. The zero-order valence-electron chi connectivity index (χ0n) is 17.7. The van der Waals surface area contributed by atoms with Crippen LogP contribution in [0.4, 0.5) is 11.5 Å². The molecule has 1 aromatic heterocycles. The Morgan fingerprint density at radius 2 is 1.91 bits per heavy atom. The van der Waals surface area contributed by atoms with Crippen molar-refractivity contribution in [2.45, 2.75) is 25.2 Å². The lowest BCUT2D eigenvalue weighted by Gasteiger charge is -2.12. The van der Waals surface area contributed by atoms with Gasteiger partial charge in [-0.2, -0.15) is 0 Å². The molecule has 1 amide bonds. The van der Waals surface area contributed by atoms with Crippen LogP contribution in [0.3, 0.4) is 0 Å². The van der Waals surface area contributed by atoms with Gasteiger partial charge >= 0.3 is 0 Å². The van der Waals surface area contributed by atoms with Crippen LogP contribution in [0.15, 0.2) is 62.4 Å². The molecule has 1 heterocycles. The number of halogens is 1. The normalized spacial score (nSPS) is 11.0. The maximum absolute atomic E-state index is 12.4. The molecule has 3 rings (SSSR count). The minimum atomic E-state index is -3.83. The molecule has 0 unspecified atom stereocenters. The van der Waals surface area contributed by atoms with Crippen LogP contribution in [0, 0.1) is 6.92 Å². The fourth-order valence-corrected chi connectivity index (χ4v) is 4.43. The highest BCUT2D eigenvalue weighted by Gasteiger charge is 2.16. The molecule has 0 fully saturated rings. The lowest BCUT2D eigenvalue weighted by molar-refractivity contribution is -0.121. The number of amides is 1. The third kappa shape index (κ3) is 7.01. The number of nitrogens with zero attached hydrogens (tertiary/aromatic N) is 1.